The van der Waals surface area contributed by atoms with E-state index in [-0.39, 0.29) is 17.1 Å². The van der Waals surface area contributed by atoms with Crippen molar-refractivity contribution in [1.82, 2.24) is 0 Å². The van der Waals surface area contributed by atoms with Crippen LogP contribution < -0.4 is 5.32 Å². The number of non-ortho nitro benzene ring substituents is 1. The van der Waals surface area contributed by atoms with Gasteiger partial charge in [0.1, 0.15) is 11.4 Å². The van der Waals surface area contributed by atoms with Gasteiger partial charge in [0, 0.05) is 17.5 Å². The summed E-state index contributed by atoms with van der Waals surface area (Å²) >= 11 is 3.30. The summed E-state index contributed by atoms with van der Waals surface area (Å²) in [4.78, 5) is 22.2. The molecule has 1 amide bonds. The molecule has 0 atom stereocenters. The molecule has 0 aliphatic heterocycles. The smallest absolute Gasteiger partial charge is 0.291 e. The average Bonchev–Trinajstić information content (AvgIpc) is 2.95. The molecule has 8 heteroatoms. The van der Waals surface area contributed by atoms with Crippen LogP contribution in [-0.2, 0) is 0 Å². The first-order valence-corrected chi connectivity index (χ1v) is 7.18. The number of rotatable bonds is 3. The first kappa shape index (κ1) is 15.2. The first-order chi connectivity index (χ1) is 11.0. The molecule has 23 heavy (non-hydrogen) atoms. The highest BCUT2D eigenvalue weighted by Crippen LogP contribution is 2.28. The van der Waals surface area contributed by atoms with Gasteiger partial charge >= 0.3 is 0 Å². The molecule has 0 aliphatic carbocycles. The van der Waals surface area contributed by atoms with Crippen LogP contribution in [0.25, 0.3) is 11.0 Å². The van der Waals surface area contributed by atoms with Crippen LogP contribution in [0.15, 0.2) is 51.4 Å². The lowest BCUT2D eigenvalue weighted by atomic mass is 10.2. The summed E-state index contributed by atoms with van der Waals surface area (Å²) in [5.74, 6) is -1.51. The molecule has 0 unspecified atom stereocenters. The number of anilines is 1. The number of nitrogens with zero attached hydrogens (tertiary/aromatic N) is 1. The Morgan fingerprint density at radius 2 is 2.04 bits per heavy atom. The number of nitro groups is 1. The fourth-order valence-electron chi connectivity index (χ4n) is 2.05. The Morgan fingerprint density at radius 1 is 1.26 bits per heavy atom. The van der Waals surface area contributed by atoms with E-state index in [0.29, 0.717) is 15.4 Å². The topological polar surface area (TPSA) is 85.4 Å². The van der Waals surface area contributed by atoms with E-state index in [4.69, 9.17) is 4.42 Å². The number of hydrogen-bond acceptors (Lipinski definition) is 4. The van der Waals surface area contributed by atoms with Gasteiger partial charge in [-0.05, 0) is 34.1 Å². The van der Waals surface area contributed by atoms with Crippen LogP contribution in [0.3, 0.4) is 0 Å². The molecule has 0 fully saturated rings. The van der Waals surface area contributed by atoms with Gasteiger partial charge in [0.2, 0.25) is 0 Å². The van der Waals surface area contributed by atoms with E-state index < -0.39 is 16.6 Å². The van der Waals surface area contributed by atoms with Gasteiger partial charge in [-0.3, -0.25) is 14.9 Å². The zero-order chi connectivity index (χ0) is 16.6. The van der Waals surface area contributed by atoms with Crippen molar-refractivity contribution in [1.29, 1.82) is 0 Å². The minimum atomic E-state index is -0.777. The number of furan rings is 1. The Balaban J connectivity index is 1.93. The fourth-order valence-corrected chi connectivity index (χ4v) is 2.51. The Morgan fingerprint density at radius 3 is 2.74 bits per heavy atom. The van der Waals surface area contributed by atoms with Gasteiger partial charge < -0.3 is 9.73 Å². The van der Waals surface area contributed by atoms with Crippen LogP contribution in [0.1, 0.15) is 10.6 Å². The number of fused-ring (bicyclic) bond motifs is 1. The molecular formula is C15H8BrFN2O4. The molecule has 3 rings (SSSR count). The third kappa shape index (κ3) is 2.93. The zero-order valence-corrected chi connectivity index (χ0v) is 13.0. The Labute approximate surface area is 137 Å². The van der Waals surface area contributed by atoms with Gasteiger partial charge in [-0.15, -0.1) is 0 Å². The second kappa shape index (κ2) is 5.81. The number of nitro benzene ring substituents is 1. The van der Waals surface area contributed by atoms with Crippen LogP contribution in [0.2, 0.25) is 0 Å². The molecular weight excluding hydrogens is 371 g/mol. The lowest BCUT2D eigenvalue weighted by molar-refractivity contribution is -0.384. The normalized spacial score (nSPS) is 10.7. The number of para-hydroxylation sites is 1. The van der Waals surface area contributed by atoms with Crippen molar-refractivity contribution >= 4 is 44.2 Å². The SMILES string of the molecule is O=C(Nc1cc([N+](=O)[O-])ccc1F)c1cc2cccc(Br)c2o1. The minimum absolute atomic E-state index is 0.0298. The maximum Gasteiger partial charge on any atom is 0.291 e. The monoisotopic (exact) mass is 378 g/mol. The molecule has 0 saturated carbocycles. The molecule has 1 aromatic heterocycles. The molecule has 6 nitrogen and oxygen atoms in total. The van der Waals surface area contributed by atoms with Crippen molar-refractivity contribution in [2.75, 3.05) is 5.32 Å². The van der Waals surface area contributed by atoms with E-state index in [1.165, 1.54) is 6.07 Å². The minimum Gasteiger partial charge on any atom is -0.450 e. The third-order valence-corrected chi connectivity index (χ3v) is 3.75. The molecule has 2 aromatic carbocycles. The Kier molecular flexibility index (Phi) is 3.83. The van der Waals surface area contributed by atoms with E-state index in [9.17, 15) is 19.3 Å². The molecule has 0 saturated heterocycles. The standard InChI is InChI=1S/C15H8BrFN2O4/c16-10-3-1-2-8-6-13(23-14(8)10)15(20)18-12-7-9(19(21)22)4-5-11(12)17/h1-7H,(H,18,20). The number of carbonyl (C=O) groups is 1. The fraction of sp³-hybridized carbons (Fsp3) is 0. The van der Waals surface area contributed by atoms with Gasteiger partial charge in [0.25, 0.3) is 11.6 Å². The van der Waals surface area contributed by atoms with E-state index >= 15 is 0 Å². The van der Waals surface area contributed by atoms with Crippen molar-refractivity contribution in [3.8, 4) is 0 Å². The summed E-state index contributed by atoms with van der Waals surface area (Å²) in [7, 11) is 0. The predicted molar refractivity (Wildman–Crippen MR) is 84.9 cm³/mol. The molecule has 3 aromatic rings. The van der Waals surface area contributed by atoms with Crippen LogP contribution in [0.5, 0.6) is 0 Å². The van der Waals surface area contributed by atoms with Gasteiger partial charge in [-0.25, -0.2) is 4.39 Å². The molecule has 0 aliphatic rings. The summed E-state index contributed by atoms with van der Waals surface area (Å²) in [5, 5.41) is 13.7. The number of hydrogen-bond donors (Lipinski definition) is 1. The average molecular weight is 379 g/mol. The Hall–Kier alpha value is -2.74. The van der Waals surface area contributed by atoms with E-state index in [1.807, 2.05) is 0 Å². The summed E-state index contributed by atoms with van der Waals surface area (Å²) in [5.41, 5.74) is -0.130. The van der Waals surface area contributed by atoms with Crippen molar-refractivity contribution < 1.29 is 18.5 Å². The first-order valence-electron chi connectivity index (χ1n) is 6.39. The number of benzene rings is 2. The second-order valence-corrected chi connectivity index (χ2v) is 5.50. The zero-order valence-electron chi connectivity index (χ0n) is 11.4. The van der Waals surface area contributed by atoms with Crippen molar-refractivity contribution in [2.45, 2.75) is 0 Å². The molecule has 0 bridgehead atoms. The summed E-state index contributed by atoms with van der Waals surface area (Å²) in [6, 6.07) is 9.69. The summed E-state index contributed by atoms with van der Waals surface area (Å²) in [6.07, 6.45) is 0. The molecule has 1 heterocycles. The van der Waals surface area contributed by atoms with E-state index in [2.05, 4.69) is 21.2 Å². The van der Waals surface area contributed by atoms with Gasteiger partial charge in [0.15, 0.2) is 5.76 Å². The molecule has 0 radical (unpaired) electrons. The van der Waals surface area contributed by atoms with Crippen LogP contribution in [-0.4, -0.2) is 10.8 Å². The maximum absolute atomic E-state index is 13.7. The highest BCUT2D eigenvalue weighted by Gasteiger charge is 2.17. The quantitative estimate of drug-likeness (QED) is 0.537. The maximum atomic E-state index is 13.7. The number of carbonyl (C=O) groups excluding carboxylic acids is 1. The summed E-state index contributed by atoms with van der Waals surface area (Å²) < 4.78 is 19.8. The van der Waals surface area contributed by atoms with Crippen molar-refractivity contribution in [2.24, 2.45) is 0 Å². The van der Waals surface area contributed by atoms with Crippen LogP contribution >= 0.6 is 15.9 Å². The predicted octanol–water partition coefficient (Wildman–Crippen LogP) is 4.49. The number of halogens is 2. The number of amides is 1. The van der Waals surface area contributed by atoms with Gasteiger partial charge in [-0.2, -0.15) is 0 Å². The van der Waals surface area contributed by atoms with E-state index in [0.717, 1.165) is 18.2 Å². The van der Waals surface area contributed by atoms with Gasteiger partial charge in [-0.1, -0.05) is 12.1 Å². The lowest BCUT2D eigenvalue weighted by Crippen LogP contribution is -2.12. The van der Waals surface area contributed by atoms with Crippen LogP contribution in [0.4, 0.5) is 15.8 Å². The van der Waals surface area contributed by atoms with Crippen molar-refractivity contribution in [3.63, 3.8) is 0 Å². The largest absolute Gasteiger partial charge is 0.450 e. The van der Waals surface area contributed by atoms with Gasteiger partial charge in [0.05, 0.1) is 15.1 Å². The number of nitrogens with one attached hydrogen (secondary N) is 1. The highest BCUT2D eigenvalue weighted by atomic mass is 79.9. The van der Waals surface area contributed by atoms with Crippen LogP contribution in [0, 0.1) is 15.9 Å². The highest BCUT2D eigenvalue weighted by molar-refractivity contribution is 9.10. The second-order valence-electron chi connectivity index (χ2n) is 4.64. The molecule has 1 N–H and O–H groups in total. The lowest BCUT2D eigenvalue weighted by Gasteiger charge is -2.04. The molecule has 116 valence electrons. The van der Waals surface area contributed by atoms with E-state index in [1.54, 1.807) is 18.2 Å². The summed E-state index contributed by atoms with van der Waals surface area (Å²) in [6.45, 7) is 0. The molecule has 0 spiro atoms. The Bertz CT molecular complexity index is 938. The van der Waals surface area contributed by atoms with Crippen molar-refractivity contribution in [3.05, 3.63) is 68.6 Å². The third-order valence-electron chi connectivity index (χ3n) is 3.13.